The minimum absolute atomic E-state index is 0.162. The second-order valence-electron chi connectivity index (χ2n) is 3.07. The molecule has 3 nitrogen and oxygen atoms in total. The third-order valence-corrected chi connectivity index (χ3v) is 3.95. The summed E-state index contributed by atoms with van der Waals surface area (Å²) in [5.41, 5.74) is 0. The highest BCUT2D eigenvalue weighted by molar-refractivity contribution is 7.99. The highest BCUT2D eigenvalue weighted by atomic mass is 32.2. The van der Waals surface area contributed by atoms with Gasteiger partial charge in [0.25, 0.3) is 0 Å². The van der Waals surface area contributed by atoms with Gasteiger partial charge in [0.2, 0.25) is 0 Å². The van der Waals surface area contributed by atoms with Gasteiger partial charge in [0.1, 0.15) is 0 Å². The van der Waals surface area contributed by atoms with Gasteiger partial charge in [-0.2, -0.15) is 11.8 Å². The van der Waals surface area contributed by atoms with Crippen molar-refractivity contribution in [2.75, 3.05) is 0 Å². The summed E-state index contributed by atoms with van der Waals surface area (Å²) in [6.45, 7) is 3.91. The van der Waals surface area contributed by atoms with Crippen molar-refractivity contribution in [3.63, 3.8) is 0 Å². The first-order valence-electron chi connectivity index (χ1n) is 4.32. The summed E-state index contributed by atoms with van der Waals surface area (Å²) >= 11 is 3.33. The molecule has 1 rings (SSSR count). The van der Waals surface area contributed by atoms with Gasteiger partial charge in [0, 0.05) is 22.1 Å². The van der Waals surface area contributed by atoms with Gasteiger partial charge in [-0.3, -0.25) is 4.79 Å². The molecule has 1 aromatic rings. The highest BCUT2D eigenvalue weighted by Crippen LogP contribution is 2.23. The van der Waals surface area contributed by atoms with E-state index in [0.717, 1.165) is 10.8 Å². The second-order valence-corrected chi connectivity index (χ2v) is 5.81. The van der Waals surface area contributed by atoms with E-state index in [0.29, 0.717) is 0 Å². The Hall–Kier alpha value is -0.550. The van der Waals surface area contributed by atoms with E-state index in [2.05, 4.69) is 4.98 Å². The zero-order chi connectivity index (χ0) is 10.6. The summed E-state index contributed by atoms with van der Waals surface area (Å²) in [5, 5.41) is 9.79. The summed E-state index contributed by atoms with van der Waals surface area (Å²) in [5.74, 6) is 0.130. The molecule has 1 unspecified atom stereocenters. The largest absolute Gasteiger partial charge is 0.481 e. The predicted octanol–water partition coefficient (Wildman–Crippen LogP) is 2.55. The molecule has 0 spiro atoms. The minimum atomic E-state index is -0.731. The number of carboxylic acid groups (broad SMARTS) is 1. The van der Waals surface area contributed by atoms with Crippen molar-refractivity contribution in [1.82, 2.24) is 4.98 Å². The Kier molecular flexibility index (Phi) is 4.41. The Morgan fingerprint density at radius 1 is 1.79 bits per heavy atom. The van der Waals surface area contributed by atoms with Gasteiger partial charge in [-0.05, 0) is 6.92 Å². The second kappa shape index (κ2) is 5.36. The number of hydrogen-bond acceptors (Lipinski definition) is 4. The lowest BCUT2D eigenvalue weighted by Gasteiger charge is -2.06. The van der Waals surface area contributed by atoms with Crippen LogP contribution in [-0.2, 0) is 10.5 Å². The maximum absolute atomic E-state index is 10.4. The van der Waals surface area contributed by atoms with Crippen LogP contribution < -0.4 is 0 Å². The minimum Gasteiger partial charge on any atom is -0.481 e. The number of carbonyl (C=O) groups is 1. The number of aliphatic carboxylic acids is 1. The normalized spacial score (nSPS) is 12.7. The van der Waals surface area contributed by atoms with Crippen LogP contribution in [0.25, 0.3) is 0 Å². The molecule has 0 aliphatic carbocycles. The smallest absolute Gasteiger partial charge is 0.304 e. The van der Waals surface area contributed by atoms with Crippen LogP contribution in [0.3, 0.4) is 0 Å². The fourth-order valence-electron chi connectivity index (χ4n) is 1.00. The maximum Gasteiger partial charge on any atom is 0.304 e. The predicted molar refractivity (Wildman–Crippen MR) is 59.9 cm³/mol. The number of hydrogen-bond donors (Lipinski definition) is 1. The van der Waals surface area contributed by atoms with E-state index >= 15 is 0 Å². The van der Waals surface area contributed by atoms with E-state index in [1.54, 1.807) is 23.1 Å². The first kappa shape index (κ1) is 11.5. The van der Waals surface area contributed by atoms with E-state index in [-0.39, 0.29) is 11.7 Å². The van der Waals surface area contributed by atoms with Crippen LogP contribution in [0, 0.1) is 6.92 Å². The van der Waals surface area contributed by atoms with Crippen LogP contribution in [0.4, 0.5) is 0 Å². The number of aryl methyl sites for hydroxylation is 1. The molecule has 0 radical (unpaired) electrons. The molecular formula is C9H13NO2S2. The van der Waals surface area contributed by atoms with Gasteiger partial charge in [-0.1, -0.05) is 6.92 Å². The van der Waals surface area contributed by atoms with Crippen molar-refractivity contribution in [3.05, 3.63) is 16.1 Å². The van der Waals surface area contributed by atoms with Crippen LogP contribution in [-0.4, -0.2) is 21.3 Å². The highest BCUT2D eigenvalue weighted by Gasteiger charge is 2.08. The van der Waals surface area contributed by atoms with Crippen LogP contribution in [0.15, 0.2) is 6.20 Å². The van der Waals surface area contributed by atoms with Crippen LogP contribution in [0.2, 0.25) is 0 Å². The lowest BCUT2D eigenvalue weighted by Crippen LogP contribution is -2.05. The average Bonchev–Trinajstić information content (AvgIpc) is 2.47. The number of thioether (sulfide) groups is 1. The van der Waals surface area contributed by atoms with Gasteiger partial charge < -0.3 is 5.11 Å². The SMILES string of the molecule is Cc1ncc(CSC(C)CC(=O)O)s1. The number of thiazole rings is 1. The Balaban J connectivity index is 2.30. The molecule has 78 valence electrons. The molecule has 0 bridgehead atoms. The lowest BCUT2D eigenvalue weighted by molar-refractivity contribution is -0.136. The maximum atomic E-state index is 10.4. The molecule has 1 aromatic heterocycles. The van der Waals surface area contributed by atoms with E-state index in [1.807, 2.05) is 20.0 Å². The van der Waals surface area contributed by atoms with Crippen molar-refractivity contribution >= 4 is 29.1 Å². The molecule has 0 saturated heterocycles. The van der Waals surface area contributed by atoms with Gasteiger partial charge in [-0.15, -0.1) is 11.3 Å². The third kappa shape index (κ3) is 4.11. The van der Waals surface area contributed by atoms with Crippen LogP contribution >= 0.6 is 23.1 Å². The van der Waals surface area contributed by atoms with Gasteiger partial charge in [0.15, 0.2) is 0 Å². The Bertz CT molecular complexity index is 312. The molecule has 0 fully saturated rings. The number of aromatic nitrogens is 1. The van der Waals surface area contributed by atoms with Crippen molar-refractivity contribution in [3.8, 4) is 0 Å². The van der Waals surface area contributed by atoms with Crippen LogP contribution in [0.5, 0.6) is 0 Å². The van der Waals surface area contributed by atoms with Crippen LogP contribution in [0.1, 0.15) is 23.2 Å². The molecule has 0 aromatic carbocycles. The topological polar surface area (TPSA) is 50.2 Å². The first-order chi connectivity index (χ1) is 6.58. The average molecular weight is 231 g/mol. The van der Waals surface area contributed by atoms with Crippen molar-refractivity contribution in [2.45, 2.75) is 31.3 Å². The number of carboxylic acids is 1. The van der Waals surface area contributed by atoms with Crippen molar-refractivity contribution < 1.29 is 9.90 Å². The molecule has 1 heterocycles. The van der Waals surface area contributed by atoms with Gasteiger partial charge >= 0.3 is 5.97 Å². The Labute approximate surface area is 91.6 Å². The third-order valence-electron chi connectivity index (χ3n) is 1.64. The fraction of sp³-hybridized carbons (Fsp3) is 0.556. The quantitative estimate of drug-likeness (QED) is 0.846. The molecule has 0 aliphatic rings. The Morgan fingerprint density at radius 3 is 3.00 bits per heavy atom. The summed E-state index contributed by atoms with van der Waals surface area (Å²) in [6.07, 6.45) is 2.09. The number of rotatable bonds is 5. The van der Waals surface area contributed by atoms with E-state index in [1.165, 1.54) is 4.88 Å². The monoisotopic (exact) mass is 231 g/mol. The van der Waals surface area contributed by atoms with E-state index < -0.39 is 5.97 Å². The molecule has 14 heavy (non-hydrogen) atoms. The van der Waals surface area contributed by atoms with Gasteiger partial charge in [0.05, 0.1) is 11.4 Å². The fourth-order valence-corrected chi connectivity index (χ4v) is 2.82. The molecule has 5 heteroatoms. The zero-order valence-electron chi connectivity index (χ0n) is 8.19. The molecule has 0 saturated carbocycles. The zero-order valence-corrected chi connectivity index (χ0v) is 9.82. The Morgan fingerprint density at radius 2 is 2.50 bits per heavy atom. The summed E-state index contributed by atoms with van der Waals surface area (Å²) < 4.78 is 0. The molecular weight excluding hydrogens is 218 g/mol. The summed E-state index contributed by atoms with van der Waals surface area (Å²) in [7, 11) is 0. The molecule has 1 N–H and O–H groups in total. The molecule has 0 amide bonds. The van der Waals surface area contributed by atoms with Gasteiger partial charge in [-0.25, -0.2) is 4.98 Å². The summed E-state index contributed by atoms with van der Waals surface area (Å²) in [6, 6.07) is 0. The molecule has 0 aliphatic heterocycles. The van der Waals surface area contributed by atoms with E-state index in [9.17, 15) is 4.79 Å². The lowest BCUT2D eigenvalue weighted by atomic mass is 10.3. The first-order valence-corrected chi connectivity index (χ1v) is 6.19. The van der Waals surface area contributed by atoms with E-state index in [4.69, 9.17) is 5.11 Å². The van der Waals surface area contributed by atoms with Crippen molar-refractivity contribution in [1.29, 1.82) is 0 Å². The standard InChI is InChI=1S/C9H13NO2S2/c1-6(3-9(11)12)13-5-8-4-10-7(2)14-8/h4,6H,3,5H2,1-2H3,(H,11,12). The molecule has 1 atom stereocenters. The summed E-state index contributed by atoms with van der Waals surface area (Å²) in [4.78, 5) is 15.8. The number of nitrogens with zero attached hydrogens (tertiary/aromatic N) is 1. The van der Waals surface area contributed by atoms with Crippen molar-refractivity contribution in [2.24, 2.45) is 0 Å².